The average molecular weight is 594 g/mol. The van der Waals surface area contributed by atoms with Gasteiger partial charge in [0.05, 0.1) is 12.3 Å². The van der Waals surface area contributed by atoms with Crippen molar-refractivity contribution in [1.29, 1.82) is 0 Å². The van der Waals surface area contributed by atoms with Crippen molar-refractivity contribution in [2.45, 2.75) is 6.54 Å². The summed E-state index contributed by atoms with van der Waals surface area (Å²) in [5.74, 6) is 1.77. The van der Waals surface area contributed by atoms with Crippen molar-refractivity contribution in [1.82, 2.24) is 15.0 Å². The minimum absolute atomic E-state index is 0.489. The highest BCUT2D eigenvalue weighted by molar-refractivity contribution is 6.18. The predicted molar refractivity (Wildman–Crippen MR) is 189 cm³/mol. The van der Waals surface area contributed by atoms with Gasteiger partial charge in [-0.1, -0.05) is 158 Å². The lowest BCUT2D eigenvalue weighted by molar-refractivity contribution is 1.06. The third-order valence-corrected chi connectivity index (χ3v) is 7.80. The van der Waals surface area contributed by atoms with Crippen LogP contribution in [0.15, 0.2) is 169 Å². The molecule has 0 bridgehead atoms. The number of hydrogen-bond acceptors (Lipinski definition) is 5. The molecule has 220 valence electrons. The molecule has 0 aliphatic heterocycles. The lowest BCUT2D eigenvalue weighted by Crippen LogP contribution is -2.08. The van der Waals surface area contributed by atoms with Crippen LogP contribution in [0.4, 0.5) is 0 Å². The van der Waals surface area contributed by atoms with E-state index in [1.54, 1.807) is 0 Å². The predicted octanol–water partition coefficient (Wildman–Crippen LogP) is 9.01. The molecule has 0 fully saturated rings. The summed E-state index contributed by atoms with van der Waals surface area (Å²) < 4.78 is 0. The molecule has 0 radical (unpaired) electrons. The van der Waals surface area contributed by atoms with Crippen molar-refractivity contribution in [2.24, 2.45) is 10.7 Å². The molecule has 0 unspecified atom stereocenters. The molecule has 2 N–H and O–H groups in total. The second kappa shape index (κ2) is 13.2. The number of aliphatic imine (C=N–C) groups is 1. The van der Waals surface area contributed by atoms with Crippen LogP contribution >= 0.6 is 0 Å². The van der Waals surface area contributed by atoms with Crippen molar-refractivity contribution in [3.8, 4) is 34.2 Å². The fraction of sp³-hybridized carbons (Fsp3) is 0.0244. The number of aromatic nitrogens is 3. The maximum atomic E-state index is 6.74. The first-order valence-corrected chi connectivity index (χ1v) is 15.2. The molecule has 5 nitrogen and oxygen atoms in total. The van der Waals surface area contributed by atoms with Gasteiger partial charge in [0.1, 0.15) is 0 Å². The van der Waals surface area contributed by atoms with Crippen LogP contribution in [0.25, 0.3) is 50.6 Å². The van der Waals surface area contributed by atoms with E-state index in [0.29, 0.717) is 29.7 Å². The van der Waals surface area contributed by atoms with E-state index in [9.17, 15) is 0 Å². The summed E-state index contributed by atoms with van der Waals surface area (Å²) in [6.07, 6.45) is 1.96. The average Bonchev–Trinajstić information content (AvgIpc) is 3.14. The van der Waals surface area contributed by atoms with E-state index in [1.165, 1.54) is 0 Å². The SMILES string of the molecule is N/C(=C\C(=N/Cc1ccccc1)c1ccc2ccccc2c1-c1nc(-c2ccccc2)nc(-c2ccccc2)n1)c1ccccc1. The van der Waals surface area contributed by atoms with Gasteiger partial charge in [-0.2, -0.15) is 0 Å². The van der Waals surface area contributed by atoms with Gasteiger partial charge in [0.15, 0.2) is 17.5 Å². The van der Waals surface area contributed by atoms with Gasteiger partial charge in [-0.15, -0.1) is 0 Å². The van der Waals surface area contributed by atoms with E-state index in [1.807, 2.05) is 127 Å². The van der Waals surface area contributed by atoms with Crippen molar-refractivity contribution >= 4 is 22.2 Å². The van der Waals surface area contributed by atoms with Gasteiger partial charge < -0.3 is 5.73 Å². The molecule has 0 amide bonds. The van der Waals surface area contributed by atoms with Gasteiger partial charge in [-0.25, -0.2) is 15.0 Å². The number of nitrogens with zero attached hydrogens (tertiary/aromatic N) is 4. The lowest BCUT2D eigenvalue weighted by Gasteiger charge is -2.15. The Bertz CT molecular complexity index is 2100. The lowest BCUT2D eigenvalue weighted by atomic mass is 9.94. The van der Waals surface area contributed by atoms with Crippen LogP contribution in [0.5, 0.6) is 0 Å². The van der Waals surface area contributed by atoms with E-state index >= 15 is 0 Å². The molecule has 0 atom stereocenters. The maximum absolute atomic E-state index is 6.74. The highest BCUT2D eigenvalue weighted by Crippen LogP contribution is 2.34. The van der Waals surface area contributed by atoms with Gasteiger partial charge in [0.25, 0.3) is 0 Å². The highest BCUT2D eigenvalue weighted by Gasteiger charge is 2.20. The maximum Gasteiger partial charge on any atom is 0.165 e. The summed E-state index contributed by atoms with van der Waals surface area (Å²) in [5.41, 5.74) is 13.7. The second-order valence-corrected chi connectivity index (χ2v) is 10.9. The second-order valence-electron chi connectivity index (χ2n) is 10.9. The quantitative estimate of drug-likeness (QED) is 0.178. The zero-order chi connectivity index (χ0) is 31.1. The molecular formula is C41H31N5. The molecule has 0 saturated heterocycles. The normalized spacial score (nSPS) is 11.9. The van der Waals surface area contributed by atoms with E-state index in [0.717, 1.165) is 49.9 Å². The van der Waals surface area contributed by atoms with Gasteiger partial charge in [0.2, 0.25) is 0 Å². The molecule has 0 spiro atoms. The van der Waals surface area contributed by atoms with E-state index in [4.69, 9.17) is 25.7 Å². The Morgan fingerprint density at radius 1 is 0.543 bits per heavy atom. The van der Waals surface area contributed by atoms with Crippen LogP contribution in [-0.4, -0.2) is 20.7 Å². The summed E-state index contributed by atoms with van der Waals surface area (Å²) in [7, 11) is 0. The molecule has 0 aliphatic carbocycles. The number of benzene rings is 6. The summed E-state index contributed by atoms with van der Waals surface area (Å²) in [6.45, 7) is 0.489. The molecule has 1 heterocycles. The van der Waals surface area contributed by atoms with E-state index < -0.39 is 0 Å². The number of hydrogen-bond donors (Lipinski definition) is 1. The molecule has 5 heteroatoms. The molecule has 46 heavy (non-hydrogen) atoms. The van der Waals surface area contributed by atoms with Crippen LogP contribution < -0.4 is 5.73 Å². The van der Waals surface area contributed by atoms with E-state index in [2.05, 4.69) is 36.4 Å². The molecule has 1 aromatic heterocycles. The zero-order valence-electron chi connectivity index (χ0n) is 25.2. The minimum Gasteiger partial charge on any atom is -0.398 e. The third kappa shape index (κ3) is 6.21. The summed E-state index contributed by atoms with van der Waals surface area (Å²) in [5, 5.41) is 2.09. The zero-order valence-corrected chi connectivity index (χ0v) is 25.2. The molecule has 7 rings (SSSR count). The summed E-state index contributed by atoms with van der Waals surface area (Å²) in [4.78, 5) is 20.3. The van der Waals surface area contributed by atoms with Crippen molar-refractivity contribution in [3.05, 3.63) is 180 Å². The Hall–Kier alpha value is -6.20. The van der Waals surface area contributed by atoms with Crippen molar-refractivity contribution in [3.63, 3.8) is 0 Å². The number of rotatable bonds is 8. The number of nitrogens with two attached hydrogens (primary N) is 1. The smallest absolute Gasteiger partial charge is 0.165 e. The monoisotopic (exact) mass is 593 g/mol. The fourth-order valence-corrected chi connectivity index (χ4v) is 5.48. The fourth-order valence-electron chi connectivity index (χ4n) is 5.48. The Morgan fingerprint density at radius 2 is 1.07 bits per heavy atom. The topological polar surface area (TPSA) is 77.0 Å². The van der Waals surface area contributed by atoms with Crippen LogP contribution in [0.3, 0.4) is 0 Å². The van der Waals surface area contributed by atoms with Crippen molar-refractivity contribution < 1.29 is 0 Å². The standard InChI is InChI=1S/C41H31N5/c42-36(31-18-7-2-8-19-31)27-37(43-28-29-15-5-1-6-16-29)35-26-25-30-17-13-14-24-34(30)38(35)41-45-39(32-20-9-3-10-21-32)44-40(46-41)33-22-11-4-12-23-33/h1-27H,28,42H2/b36-27-,43-37+. The molecule has 0 aliphatic rings. The minimum atomic E-state index is 0.489. The molecule has 0 saturated carbocycles. The van der Waals surface area contributed by atoms with Gasteiger partial charge in [0, 0.05) is 28.0 Å². The third-order valence-electron chi connectivity index (χ3n) is 7.80. The largest absolute Gasteiger partial charge is 0.398 e. The first-order valence-electron chi connectivity index (χ1n) is 15.2. The van der Waals surface area contributed by atoms with E-state index in [-0.39, 0.29) is 0 Å². The van der Waals surface area contributed by atoms with Gasteiger partial charge >= 0.3 is 0 Å². The first kappa shape index (κ1) is 28.6. The summed E-state index contributed by atoms with van der Waals surface area (Å²) >= 11 is 0. The highest BCUT2D eigenvalue weighted by atomic mass is 15.0. The van der Waals surface area contributed by atoms with Crippen LogP contribution in [-0.2, 0) is 6.54 Å². The number of fused-ring (bicyclic) bond motifs is 1. The van der Waals surface area contributed by atoms with Crippen LogP contribution in [0.1, 0.15) is 16.7 Å². The molecule has 6 aromatic carbocycles. The Morgan fingerprint density at radius 3 is 1.70 bits per heavy atom. The Balaban J connectivity index is 1.49. The van der Waals surface area contributed by atoms with Gasteiger partial charge in [-0.3, -0.25) is 4.99 Å². The van der Waals surface area contributed by atoms with Crippen molar-refractivity contribution in [2.75, 3.05) is 0 Å². The Labute approximate surface area is 268 Å². The number of allylic oxidation sites excluding steroid dienone is 1. The Kier molecular flexibility index (Phi) is 8.20. The van der Waals surface area contributed by atoms with Crippen LogP contribution in [0, 0.1) is 0 Å². The van der Waals surface area contributed by atoms with Crippen LogP contribution in [0.2, 0.25) is 0 Å². The first-order chi connectivity index (χ1) is 22.7. The summed E-state index contributed by atoms with van der Waals surface area (Å²) in [6, 6.07) is 52.8. The molecular weight excluding hydrogens is 562 g/mol. The van der Waals surface area contributed by atoms with Gasteiger partial charge in [-0.05, 0) is 28.0 Å². The molecule has 7 aromatic rings.